The smallest absolute Gasteiger partial charge is 0.377 e. The van der Waals surface area contributed by atoms with Crippen LogP contribution in [0.2, 0.25) is 0 Å². The standard InChI is InChI=1S/C14H17NO3/c1-15-8-6-11(7-9-15)10-2-4-12(5-3-10)13(16)14(17)18/h2-5,11H,6-9H2,1H3,(H,17,18). The minimum absolute atomic E-state index is 0.249. The largest absolute Gasteiger partial charge is 0.475 e. The lowest BCUT2D eigenvalue weighted by molar-refractivity contribution is -0.131. The maximum absolute atomic E-state index is 11.3. The van der Waals surface area contributed by atoms with Crippen molar-refractivity contribution in [2.75, 3.05) is 20.1 Å². The molecule has 0 atom stereocenters. The summed E-state index contributed by atoms with van der Waals surface area (Å²) in [7, 11) is 2.12. The Labute approximate surface area is 106 Å². The van der Waals surface area contributed by atoms with Crippen LogP contribution in [0.15, 0.2) is 24.3 Å². The second kappa shape index (κ2) is 5.31. The molecule has 0 aromatic heterocycles. The molecule has 96 valence electrons. The summed E-state index contributed by atoms with van der Waals surface area (Å²) in [5.74, 6) is -1.72. The number of aliphatic carboxylic acids is 1. The Morgan fingerprint density at radius 1 is 1.17 bits per heavy atom. The lowest BCUT2D eigenvalue weighted by atomic mass is 9.89. The number of rotatable bonds is 3. The zero-order chi connectivity index (χ0) is 13.1. The molecule has 1 saturated heterocycles. The van der Waals surface area contributed by atoms with Gasteiger partial charge in [0.05, 0.1) is 0 Å². The highest BCUT2D eigenvalue weighted by Crippen LogP contribution is 2.27. The van der Waals surface area contributed by atoms with Gasteiger partial charge in [0.25, 0.3) is 5.78 Å². The van der Waals surface area contributed by atoms with Gasteiger partial charge in [-0.2, -0.15) is 0 Å². The number of carbonyl (C=O) groups is 2. The van der Waals surface area contributed by atoms with E-state index in [-0.39, 0.29) is 5.56 Å². The Morgan fingerprint density at radius 2 is 1.72 bits per heavy atom. The number of Topliss-reactive ketones (excluding diaryl/α,β-unsaturated/α-hetero) is 1. The fourth-order valence-electron chi connectivity index (χ4n) is 2.37. The molecule has 1 aromatic carbocycles. The number of likely N-dealkylation sites (tertiary alicyclic amines) is 1. The van der Waals surface area contributed by atoms with E-state index in [0.29, 0.717) is 5.92 Å². The van der Waals surface area contributed by atoms with E-state index in [1.54, 1.807) is 12.1 Å². The lowest BCUT2D eigenvalue weighted by Crippen LogP contribution is -2.29. The molecule has 1 aliphatic heterocycles. The summed E-state index contributed by atoms with van der Waals surface area (Å²) >= 11 is 0. The number of benzene rings is 1. The molecule has 18 heavy (non-hydrogen) atoms. The van der Waals surface area contributed by atoms with E-state index in [0.717, 1.165) is 25.9 Å². The van der Waals surface area contributed by atoms with Gasteiger partial charge in [0, 0.05) is 5.56 Å². The van der Waals surface area contributed by atoms with Crippen molar-refractivity contribution in [3.63, 3.8) is 0 Å². The fraction of sp³-hybridized carbons (Fsp3) is 0.429. The highest BCUT2D eigenvalue weighted by Gasteiger charge is 2.19. The summed E-state index contributed by atoms with van der Waals surface area (Å²) in [5.41, 5.74) is 1.45. The SMILES string of the molecule is CN1CCC(c2ccc(C(=O)C(=O)O)cc2)CC1. The third-order valence-corrected chi connectivity index (χ3v) is 3.56. The predicted octanol–water partition coefficient (Wildman–Crippen LogP) is 1.76. The number of ketones is 1. The monoisotopic (exact) mass is 247 g/mol. The van der Waals surface area contributed by atoms with Gasteiger partial charge in [0.1, 0.15) is 0 Å². The van der Waals surface area contributed by atoms with Crippen molar-refractivity contribution in [1.82, 2.24) is 4.90 Å². The van der Waals surface area contributed by atoms with Crippen LogP contribution in [-0.2, 0) is 4.79 Å². The van der Waals surface area contributed by atoms with Crippen LogP contribution >= 0.6 is 0 Å². The van der Waals surface area contributed by atoms with Crippen LogP contribution in [0.5, 0.6) is 0 Å². The molecule has 0 aliphatic carbocycles. The van der Waals surface area contributed by atoms with E-state index in [9.17, 15) is 9.59 Å². The highest BCUT2D eigenvalue weighted by molar-refractivity contribution is 6.39. The van der Waals surface area contributed by atoms with Gasteiger partial charge in [-0.3, -0.25) is 4.79 Å². The molecular formula is C14H17NO3. The number of carbonyl (C=O) groups excluding carboxylic acids is 1. The first kappa shape index (κ1) is 12.8. The molecule has 0 radical (unpaired) electrons. The summed E-state index contributed by atoms with van der Waals surface area (Å²) in [6, 6.07) is 6.99. The van der Waals surface area contributed by atoms with Crippen molar-refractivity contribution in [3.8, 4) is 0 Å². The minimum Gasteiger partial charge on any atom is -0.475 e. The van der Waals surface area contributed by atoms with E-state index in [1.807, 2.05) is 12.1 Å². The van der Waals surface area contributed by atoms with Crippen molar-refractivity contribution < 1.29 is 14.7 Å². The van der Waals surface area contributed by atoms with Crippen molar-refractivity contribution in [1.29, 1.82) is 0 Å². The summed E-state index contributed by atoms with van der Waals surface area (Å²) in [6.07, 6.45) is 2.23. The number of carboxylic acids is 1. The van der Waals surface area contributed by atoms with E-state index in [4.69, 9.17) is 5.11 Å². The van der Waals surface area contributed by atoms with Crippen molar-refractivity contribution in [3.05, 3.63) is 35.4 Å². The average Bonchev–Trinajstić information content (AvgIpc) is 2.39. The van der Waals surface area contributed by atoms with Gasteiger partial charge in [-0.05, 0) is 44.5 Å². The molecule has 1 aliphatic rings. The van der Waals surface area contributed by atoms with Gasteiger partial charge in [-0.15, -0.1) is 0 Å². The van der Waals surface area contributed by atoms with Gasteiger partial charge in [0.2, 0.25) is 0 Å². The molecule has 1 N–H and O–H groups in total. The van der Waals surface area contributed by atoms with Crippen LogP contribution in [0.3, 0.4) is 0 Å². The first-order chi connectivity index (χ1) is 8.58. The molecule has 2 rings (SSSR count). The van der Waals surface area contributed by atoms with Crippen LogP contribution in [0.25, 0.3) is 0 Å². The summed E-state index contributed by atoms with van der Waals surface area (Å²) in [4.78, 5) is 24.1. The van der Waals surface area contributed by atoms with E-state index in [1.165, 1.54) is 5.56 Å². The maximum atomic E-state index is 11.3. The molecule has 0 saturated carbocycles. The topological polar surface area (TPSA) is 57.6 Å². The third-order valence-electron chi connectivity index (χ3n) is 3.56. The minimum atomic E-state index is -1.40. The number of carboxylic acid groups (broad SMARTS) is 1. The molecular weight excluding hydrogens is 230 g/mol. The average molecular weight is 247 g/mol. The zero-order valence-corrected chi connectivity index (χ0v) is 10.4. The Hall–Kier alpha value is -1.68. The molecule has 1 fully saturated rings. The van der Waals surface area contributed by atoms with Crippen LogP contribution in [0.1, 0.15) is 34.7 Å². The highest BCUT2D eigenvalue weighted by atomic mass is 16.4. The number of hydrogen-bond donors (Lipinski definition) is 1. The van der Waals surface area contributed by atoms with Crippen LogP contribution in [0.4, 0.5) is 0 Å². The zero-order valence-electron chi connectivity index (χ0n) is 10.4. The molecule has 1 heterocycles. The second-order valence-electron chi connectivity index (χ2n) is 4.83. The number of nitrogens with zero attached hydrogens (tertiary/aromatic N) is 1. The van der Waals surface area contributed by atoms with Gasteiger partial charge < -0.3 is 10.0 Å². The van der Waals surface area contributed by atoms with Gasteiger partial charge in [0.15, 0.2) is 0 Å². The molecule has 4 nitrogen and oxygen atoms in total. The Balaban J connectivity index is 2.08. The normalized spacial score (nSPS) is 17.6. The number of hydrogen-bond acceptors (Lipinski definition) is 3. The van der Waals surface area contributed by atoms with Crippen molar-refractivity contribution in [2.45, 2.75) is 18.8 Å². The Morgan fingerprint density at radius 3 is 2.22 bits per heavy atom. The summed E-state index contributed by atoms with van der Waals surface area (Å²) in [5, 5.41) is 8.63. The molecule has 0 amide bonds. The Bertz CT molecular complexity index is 445. The van der Waals surface area contributed by atoms with Gasteiger partial charge in [-0.1, -0.05) is 24.3 Å². The predicted molar refractivity (Wildman–Crippen MR) is 67.9 cm³/mol. The van der Waals surface area contributed by atoms with Crippen LogP contribution < -0.4 is 0 Å². The van der Waals surface area contributed by atoms with Gasteiger partial charge in [-0.25, -0.2) is 4.79 Å². The molecule has 0 bridgehead atoms. The van der Waals surface area contributed by atoms with E-state index < -0.39 is 11.8 Å². The second-order valence-corrected chi connectivity index (χ2v) is 4.83. The van der Waals surface area contributed by atoms with E-state index in [2.05, 4.69) is 11.9 Å². The van der Waals surface area contributed by atoms with Crippen LogP contribution in [0, 0.1) is 0 Å². The van der Waals surface area contributed by atoms with Crippen molar-refractivity contribution >= 4 is 11.8 Å². The quantitative estimate of drug-likeness (QED) is 0.653. The molecule has 0 unspecified atom stereocenters. The number of piperidine rings is 1. The maximum Gasteiger partial charge on any atom is 0.377 e. The molecule has 0 spiro atoms. The Kier molecular flexibility index (Phi) is 3.77. The lowest BCUT2D eigenvalue weighted by Gasteiger charge is -2.29. The van der Waals surface area contributed by atoms with Crippen LogP contribution in [-0.4, -0.2) is 41.9 Å². The summed E-state index contributed by atoms with van der Waals surface area (Å²) < 4.78 is 0. The third kappa shape index (κ3) is 2.76. The first-order valence-electron chi connectivity index (χ1n) is 6.14. The van der Waals surface area contributed by atoms with Crippen molar-refractivity contribution in [2.24, 2.45) is 0 Å². The van der Waals surface area contributed by atoms with E-state index >= 15 is 0 Å². The molecule has 1 aromatic rings. The fourth-order valence-corrected chi connectivity index (χ4v) is 2.37. The summed E-state index contributed by atoms with van der Waals surface area (Å²) in [6.45, 7) is 2.17. The first-order valence-corrected chi connectivity index (χ1v) is 6.14. The van der Waals surface area contributed by atoms with Gasteiger partial charge >= 0.3 is 5.97 Å². The molecule has 4 heteroatoms.